The number of aliphatic imine (C=N–C) groups is 1. The lowest BCUT2D eigenvalue weighted by Crippen LogP contribution is -2.51. The zero-order chi connectivity index (χ0) is 14.7. The lowest BCUT2D eigenvalue weighted by Gasteiger charge is -2.48. The van der Waals surface area contributed by atoms with Crippen molar-refractivity contribution < 1.29 is 4.79 Å². The number of fused-ring (bicyclic) bond motifs is 3. The minimum Gasteiger partial charge on any atom is -0.303 e. The van der Waals surface area contributed by atoms with Crippen molar-refractivity contribution in [1.29, 1.82) is 0 Å². The molecule has 0 amide bonds. The van der Waals surface area contributed by atoms with E-state index in [1.807, 2.05) is 23.5 Å². The van der Waals surface area contributed by atoms with Crippen LogP contribution in [0.5, 0.6) is 0 Å². The molecule has 0 aromatic rings. The molecule has 0 aromatic carbocycles. The molecule has 0 aromatic heterocycles. The van der Waals surface area contributed by atoms with Crippen LogP contribution in [0.3, 0.4) is 0 Å². The highest BCUT2D eigenvalue weighted by Crippen LogP contribution is 2.44. The first kappa shape index (κ1) is 15.1. The van der Waals surface area contributed by atoms with Gasteiger partial charge in [0.1, 0.15) is 0 Å². The van der Waals surface area contributed by atoms with Crippen molar-refractivity contribution in [3.63, 3.8) is 0 Å². The second-order valence-corrected chi connectivity index (χ2v) is 6.94. The average molecular weight is 333 g/mol. The van der Waals surface area contributed by atoms with E-state index in [1.165, 1.54) is 37.2 Å². The number of nitrogens with zero attached hydrogens (tertiary/aromatic N) is 3. The van der Waals surface area contributed by atoms with Crippen molar-refractivity contribution in [3.05, 3.63) is 35.3 Å². The van der Waals surface area contributed by atoms with Gasteiger partial charge in [-0.1, -0.05) is 0 Å². The summed E-state index contributed by atoms with van der Waals surface area (Å²) in [5.74, 6) is 1.54. The van der Waals surface area contributed by atoms with Crippen LogP contribution in [0.25, 0.3) is 0 Å². The predicted molar refractivity (Wildman–Crippen MR) is 91.0 cm³/mol. The van der Waals surface area contributed by atoms with Crippen molar-refractivity contribution in [1.82, 2.24) is 15.3 Å². The van der Waals surface area contributed by atoms with E-state index in [4.69, 9.17) is 0 Å². The van der Waals surface area contributed by atoms with Gasteiger partial charge in [0.15, 0.2) is 5.78 Å². The summed E-state index contributed by atoms with van der Waals surface area (Å²) >= 11 is 0. The van der Waals surface area contributed by atoms with E-state index in [1.54, 1.807) is 6.20 Å². The largest absolute Gasteiger partial charge is 0.303 e. The summed E-state index contributed by atoms with van der Waals surface area (Å²) in [7, 11) is 0. The molecule has 0 saturated carbocycles. The molecule has 3 fully saturated rings. The standard InChI is InChI=1S/C17H20N4O.ClH/c22-15-7-12-8-18-3-6-21-17(12)13(9-19-21)16(15)14-10-20-4-1-11(14)2-5-20;/h3,6-8,11,14,16,19H,1-2,4-5,9-10H2;1H/t14?,16-;/m1./s1. The molecule has 5 aliphatic heterocycles. The summed E-state index contributed by atoms with van der Waals surface area (Å²) in [4.78, 5) is 19.6. The van der Waals surface area contributed by atoms with E-state index in [0.29, 0.717) is 11.8 Å². The lowest BCUT2D eigenvalue weighted by atomic mass is 9.67. The minimum absolute atomic E-state index is 0. The zero-order valence-electron chi connectivity index (χ0n) is 12.9. The van der Waals surface area contributed by atoms with Crippen molar-refractivity contribution in [3.8, 4) is 0 Å². The van der Waals surface area contributed by atoms with Gasteiger partial charge in [0.25, 0.3) is 0 Å². The number of carbonyl (C=O) groups is 1. The van der Waals surface area contributed by atoms with Gasteiger partial charge in [-0.3, -0.25) is 14.8 Å². The molecule has 0 radical (unpaired) electrons. The van der Waals surface area contributed by atoms with Crippen molar-refractivity contribution >= 4 is 24.4 Å². The molecular formula is C17H21ClN4O. The fraction of sp³-hybridized carbons (Fsp3) is 0.529. The molecule has 1 unspecified atom stereocenters. The monoisotopic (exact) mass is 332 g/mol. The maximum Gasteiger partial charge on any atom is 0.164 e. The quantitative estimate of drug-likeness (QED) is 0.790. The number of allylic oxidation sites excluding steroid dienone is 2. The number of nitrogens with one attached hydrogen (secondary N) is 1. The average Bonchev–Trinajstić information content (AvgIpc) is 2.85. The van der Waals surface area contributed by atoms with E-state index < -0.39 is 0 Å². The van der Waals surface area contributed by atoms with Gasteiger partial charge in [-0.25, -0.2) is 5.43 Å². The Balaban J connectivity index is 0.00000135. The Morgan fingerprint density at radius 3 is 2.83 bits per heavy atom. The molecule has 2 bridgehead atoms. The summed E-state index contributed by atoms with van der Waals surface area (Å²) < 4.78 is 0. The summed E-state index contributed by atoms with van der Waals surface area (Å²) in [5, 5.41) is 2.04. The fourth-order valence-corrected chi connectivity index (χ4v) is 4.86. The van der Waals surface area contributed by atoms with Crippen LogP contribution >= 0.6 is 12.4 Å². The van der Waals surface area contributed by atoms with Crippen LogP contribution in [0, 0.1) is 17.8 Å². The molecule has 1 N–H and O–H groups in total. The highest BCUT2D eigenvalue weighted by atomic mass is 35.5. The van der Waals surface area contributed by atoms with E-state index >= 15 is 0 Å². The van der Waals surface area contributed by atoms with E-state index in [-0.39, 0.29) is 24.1 Å². The Morgan fingerprint density at radius 1 is 1.26 bits per heavy atom. The topological polar surface area (TPSA) is 47.9 Å². The van der Waals surface area contributed by atoms with Gasteiger partial charge in [0.2, 0.25) is 0 Å². The lowest BCUT2D eigenvalue weighted by molar-refractivity contribution is -0.121. The third kappa shape index (κ3) is 2.22. The number of hydrogen-bond acceptors (Lipinski definition) is 5. The molecule has 6 aliphatic rings. The minimum atomic E-state index is 0. The van der Waals surface area contributed by atoms with Gasteiger partial charge in [0.05, 0.1) is 11.6 Å². The fourth-order valence-electron chi connectivity index (χ4n) is 4.86. The number of rotatable bonds is 1. The highest BCUT2D eigenvalue weighted by molar-refractivity contribution is 6.04. The van der Waals surface area contributed by atoms with Crippen molar-refractivity contribution in [2.45, 2.75) is 12.8 Å². The SMILES string of the molecule is Cl.O=C1C=C2C=NC=CN3NCC(=C23)[C@@H]1C1CN2CCC1CC2. The molecule has 6 heteroatoms. The summed E-state index contributed by atoms with van der Waals surface area (Å²) in [5.41, 5.74) is 6.78. The van der Waals surface area contributed by atoms with Crippen LogP contribution in [0.1, 0.15) is 12.8 Å². The van der Waals surface area contributed by atoms with Gasteiger partial charge in [-0.05, 0) is 49.4 Å². The number of piperidine rings is 3. The normalized spacial score (nSPS) is 37.5. The van der Waals surface area contributed by atoms with Crippen LogP contribution in [-0.4, -0.2) is 48.1 Å². The maximum absolute atomic E-state index is 12.9. The number of hydrogen-bond donors (Lipinski definition) is 1. The van der Waals surface area contributed by atoms with Gasteiger partial charge in [0, 0.05) is 37.3 Å². The number of ketones is 1. The second kappa shape index (κ2) is 5.58. The van der Waals surface area contributed by atoms with Gasteiger partial charge in [-0.2, -0.15) is 0 Å². The smallest absolute Gasteiger partial charge is 0.164 e. The van der Waals surface area contributed by atoms with Gasteiger partial charge >= 0.3 is 0 Å². The first-order chi connectivity index (χ1) is 10.8. The van der Waals surface area contributed by atoms with Crippen LogP contribution < -0.4 is 5.43 Å². The Labute approximate surface area is 142 Å². The molecule has 5 nitrogen and oxygen atoms in total. The molecular weight excluding hydrogens is 312 g/mol. The van der Waals surface area contributed by atoms with Crippen molar-refractivity contribution in [2.75, 3.05) is 26.2 Å². The molecule has 2 atom stereocenters. The Morgan fingerprint density at radius 2 is 2.09 bits per heavy atom. The van der Waals surface area contributed by atoms with Gasteiger partial charge in [-0.15, -0.1) is 12.4 Å². The first-order valence-corrected chi connectivity index (χ1v) is 8.25. The third-order valence-corrected chi connectivity index (χ3v) is 5.89. The third-order valence-electron chi connectivity index (χ3n) is 5.89. The molecule has 3 saturated heterocycles. The van der Waals surface area contributed by atoms with Crippen molar-refractivity contribution in [2.24, 2.45) is 22.7 Å². The van der Waals surface area contributed by atoms with E-state index in [2.05, 4.69) is 15.3 Å². The summed E-state index contributed by atoms with van der Waals surface area (Å²) in [6.07, 6.45) is 9.86. The van der Waals surface area contributed by atoms with Crippen LogP contribution in [-0.2, 0) is 4.79 Å². The number of halogens is 1. The predicted octanol–water partition coefficient (Wildman–Crippen LogP) is 1.51. The summed E-state index contributed by atoms with van der Waals surface area (Å²) in [6.45, 7) is 4.30. The molecule has 1 aliphatic carbocycles. The van der Waals surface area contributed by atoms with E-state index in [0.717, 1.165) is 18.7 Å². The zero-order valence-corrected chi connectivity index (χ0v) is 13.8. The molecule has 0 spiro atoms. The summed E-state index contributed by atoms with van der Waals surface area (Å²) in [6, 6.07) is 0. The Hall–Kier alpha value is -1.43. The molecule has 6 rings (SSSR count). The highest BCUT2D eigenvalue weighted by Gasteiger charge is 2.46. The number of carbonyl (C=O) groups excluding carboxylic acids is 1. The van der Waals surface area contributed by atoms with Gasteiger partial charge < -0.3 is 4.90 Å². The maximum atomic E-state index is 12.9. The first-order valence-electron chi connectivity index (χ1n) is 8.25. The molecule has 5 heterocycles. The Kier molecular flexibility index (Phi) is 3.67. The molecule has 23 heavy (non-hydrogen) atoms. The van der Waals surface area contributed by atoms with Crippen LogP contribution in [0.4, 0.5) is 0 Å². The van der Waals surface area contributed by atoms with Crippen LogP contribution in [0.15, 0.2) is 40.3 Å². The second-order valence-electron chi connectivity index (χ2n) is 6.94. The van der Waals surface area contributed by atoms with Crippen LogP contribution in [0.2, 0.25) is 0 Å². The number of hydrazine groups is 1. The van der Waals surface area contributed by atoms with E-state index in [9.17, 15) is 4.79 Å². The molecule has 122 valence electrons. The Bertz CT molecular complexity index is 658.